The van der Waals surface area contributed by atoms with Crippen molar-refractivity contribution in [3.63, 3.8) is 0 Å². The molecule has 0 saturated heterocycles. The third-order valence-electron chi connectivity index (χ3n) is 6.25. The number of nitrogens with zero attached hydrogens (tertiary/aromatic N) is 2. The molecule has 4 aromatic rings. The number of hydrogen-bond donors (Lipinski definition) is 0. The molecule has 4 rings (SSSR count). The number of para-hydroxylation sites is 2. The molecule has 1 aromatic heterocycles. The number of fused-ring (bicyclic) bond motifs is 1. The Kier molecular flexibility index (Phi) is 8.08. The van der Waals surface area contributed by atoms with Crippen LogP contribution in [-0.2, 0) is 13.2 Å². The molecule has 1 unspecified atom stereocenters. The van der Waals surface area contributed by atoms with Gasteiger partial charge in [0.25, 0.3) is 0 Å². The van der Waals surface area contributed by atoms with Gasteiger partial charge < -0.3 is 18.8 Å². The van der Waals surface area contributed by atoms with Crippen LogP contribution in [0.2, 0.25) is 0 Å². The van der Waals surface area contributed by atoms with Crippen LogP contribution >= 0.6 is 0 Å². The lowest BCUT2D eigenvalue weighted by molar-refractivity contribution is 0.283. The van der Waals surface area contributed by atoms with E-state index in [1.807, 2.05) is 36.4 Å². The number of methoxy groups -OCH3 is 1. The van der Waals surface area contributed by atoms with Crippen molar-refractivity contribution < 1.29 is 14.2 Å². The molecule has 0 spiro atoms. The molecule has 0 aliphatic heterocycles. The number of unbranched alkanes of at least 4 members (excludes halogenated alkanes) is 1. The number of hydrogen-bond acceptors (Lipinski definition) is 4. The summed E-state index contributed by atoms with van der Waals surface area (Å²) < 4.78 is 19.6. The van der Waals surface area contributed by atoms with Crippen molar-refractivity contribution in [2.75, 3.05) is 13.7 Å². The second-order valence-electron chi connectivity index (χ2n) is 8.57. The van der Waals surface area contributed by atoms with Gasteiger partial charge >= 0.3 is 0 Å². The lowest BCUT2D eigenvalue weighted by Gasteiger charge is -2.12. The van der Waals surface area contributed by atoms with E-state index in [0.29, 0.717) is 19.1 Å². The highest BCUT2D eigenvalue weighted by Gasteiger charge is 2.11. The molecule has 0 saturated carbocycles. The van der Waals surface area contributed by atoms with E-state index in [1.54, 1.807) is 7.11 Å². The highest BCUT2D eigenvalue weighted by atomic mass is 16.5. The molecule has 0 bridgehead atoms. The molecule has 0 amide bonds. The number of aromatic nitrogens is 2. The Hall–Kier alpha value is -3.47. The first-order valence-corrected chi connectivity index (χ1v) is 12.1. The van der Waals surface area contributed by atoms with Crippen LogP contribution in [0.25, 0.3) is 11.0 Å². The highest BCUT2D eigenvalue weighted by molar-refractivity contribution is 5.75. The number of benzene rings is 3. The van der Waals surface area contributed by atoms with Gasteiger partial charge in [0.15, 0.2) is 0 Å². The molecule has 5 heteroatoms. The Morgan fingerprint density at radius 3 is 2.44 bits per heavy atom. The first kappa shape index (κ1) is 23.7. The Morgan fingerprint density at radius 2 is 1.65 bits per heavy atom. The van der Waals surface area contributed by atoms with E-state index < -0.39 is 0 Å². The maximum Gasteiger partial charge on any atom is 0.147 e. The molecule has 0 aliphatic rings. The van der Waals surface area contributed by atoms with Crippen molar-refractivity contribution in [1.82, 2.24) is 9.55 Å². The minimum absolute atomic E-state index is 0.404. The van der Waals surface area contributed by atoms with Gasteiger partial charge in [-0.2, -0.15) is 0 Å². The van der Waals surface area contributed by atoms with E-state index in [1.165, 1.54) is 5.56 Å². The third kappa shape index (κ3) is 5.90. The summed E-state index contributed by atoms with van der Waals surface area (Å²) in [6.07, 6.45) is 3.11. The number of aryl methyl sites for hydroxylation is 1. The van der Waals surface area contributed by atoms with Crippen molar-refractivity contribution in [1.29, 1.82) is 0 Å². The molecule has 1 atom stereocenters. The van der Waals surface area contributed by atoms with E-state index in [9.17, 15) is 0 Å². The van der Waals surface area contributed by atoms with E-state index in [0.717, 1.165) is 59.9 Å². The number of ether oxygens (including phenoxy) is 3. The number of rotatable bonds is 12. The van der Waals surface area contributed by atoms with E-state index in [4.69, 9.17) is 19.2 Å². The fourth-order valence-electron chi connectivity index (χ4n) is 4.01. The fraction of sp³-hybridized carbons (Fsp3) is 0.345. The van der Waals surface area contributed by atoms with Gasteiger partial charge in [0.1, 0.15) is 29.7 Å². The Labute approximate surface area is 202 Å². The van der Waals surface area contributed by atoms with Gasteiger partial charge in [-0.3, -0.25) is 0 Å². The fourth-order valence-corrected chi connectivity index (χ4v) is 4.01. The summed E-state index contributed by atoms with van der Waals surface area (Å²) in [5.41, 5.74) is 3.49. The van der Waals surface area contributed by atoms with Gasteiger partial charge in [0.2, 0.25) is 0 Å². The molecule has 34 heavy (non-hydrogen) atoms. The van der Waals surface area contributed by atoms with Crippen molar-refractivity contribution >= 4 is 11.0 Å². The molecule has 5 nitrogen and oxygen atoms in total. The summed E-state index contributed by atoms with van der Waals surface area (Å²) >= 11 is 0. The Balaban J connectivity index is 1.33. The lowest BCUT2D eigenvalue weighted by Crippen LogP contribution is -2.09. The zero-order valence-corrected chi connectivity index (χ0v) is 20.4. The normalized spacial score (nSPS) is 12.0. The van der Waals surface area contributed by atoms with E-state index in [2.05, 4.69) is 54.8 Å². The first-order chi connectivity index (χ1) is 16.7. The van der Waals surface area contributed by atoms with E-state index in [-0.39, 0.29) is 0 Å². The minimum Gasteiger partial charge on any atom is -0.497 e. The summed E-state index contributed by atoms with van der Waals surface area (Å²) in [7, 11) is 1.66. The first-order valence-electron chi connectivity index (χ1n) is 12.1. The predicted molar refractivity (Wildman–Crippen MR) is 137 cm³/mol. The maximum atomic E-state index is 6.04. The predicted octanol–water partition coefficient (Wildman–Crippen LogP) is 7.00. The van der Waals surface area contributed by atoms with Gasteiger partial charge in [-0.05, 0) is 67.1 Å². The lowest BCUT2D eigenvalue weighted by atomic mass is 9.99. The van der Waals surface area contributed by atoms with Crippen LogP contribution < -0.4 is 14.2 Å². The molecule has 0 aliphatic carbocycles. The van der Waals surface area contributed by atoms with E-state index >= 15 is 0 Å². The molecule has 0 radical (unpaired) electrons. The van der Waals surface area contributed by atoms with Crippen LogP contribution in [0.5, 0.6) is 17.2 Å². The second-order valence-corrected chi connectivity index (χ2v) is 8.57. The highest BCUT2D eigenvalue weighted by Crippen LogP contribution is 2.23. The molecular weight excluding hydrogens is 424 g/mol. The van der Waals surface area contributed by atoms with Crippen LogP contribution in [0, 0.1) is 0 Å². The van der Waals surface area contributed by atoms with Gasteiger partial charge in [0, 0.05) is 12.6 Å². The van der Waals surface area contributed by atoms with Gasteiger partial charge in [0.05, 0.1) is 24.8 Å². The second kappa shape index (κ2) is 11.6. The summed E-state index contributed by atoms with van der Waals surface area (Å²) in [6.45, 7) is 6.44. The summed E-state index contributed by atoms with van der Waals surface area (Å²) in [6, 6.07) is 24.4. The standard InChI is InChI=1S/C29H34N2O3/c1-4-22(2)23-14-16-24(17-15-23)33-19-8-7-18-31-28-13-6-5-12-27(28)30-29(31)21-34-26-11-9-10-25(20-26)32-3/h5-6,9-17,20,22H,4,7-8,18-19,21H2,1-3H3. The summed E-state index contributed by atoms with van der Waals surface area (Å²) in [4.78, 5) is 4.82. The van der Waals surface area contributed by atoms with Crippen molar-refractivity contribution in [2.24, 2.45) is 0 Å². The SMILES string of the molecule is CCC(C)c1ccc(OCCCCn2c(COc3cccc(OC)c3)nc3ccccc32)cc1. The molecule has 0 N–H and O–H groups in total. The summed E-state index contributed by atoms with van der Waals surface area (Å²) in [5.74, 6) is 3.99. The van der Waals surface area contributed by atoms with Crippen LogP contribution in [0.4, 0.5) is 0 Å². The molecule has 3 aromatic carbocycles. The minimum atomic E-state index is 0.404. The maximum absolute atomic E-state index is 6.04. The zero-order valence-electron chi connectivity index (χ0n) is 20.4. The Morgan fingerprint density at radius 1 is 0.853 bits per heavy atom. The number of imidazole rings is 1. The quantitative estimate of drug-likeness (QED) is 0.215. The van der Waals surface area contributed by atoms with Crippen LogP contribution in [0.3, 0.4) is 0 Å². The average molecular weight is 459 g/mol. The van der Waals surface area contributed by atoms with Crippen molar-refractivity contribution in [2.45, 2.75) is 52.2 Å². The third-order valence-corrected chi connectivity index (χ3v) is 6.25. The smallest absolute Gasteiger partial charge is 0.147 e. The average Bonchev–Trinajstić information content (AvgIpc) is 3.24. The summed E-state index contributed by atoms with van der Waals surface area (Å²) in [5, 5.41) is 0. The van der Waals surface area contributed by atoms with Crippen LogP contribution in [0.1, 0.15) is 50.4 Å². The monoisotopic (exact) mass is 458 g/mol. The van der Waals surface area contributed by atoms with Crippen molar-refractivity contribution in [3.05, 3.63) is 84.2 Å². The molecule has 178 valence electrons. The largest absolute Gasteiger partial charge is 0.497 e. The van der Waals surface area contributed by atoms with Crippen LogP contribution in [0.15, 0.2) is 72.8 Å². The zero-order chi connectivity index (χ0) is 23.8. The van der Waals surface area contributed by atoms with Crippen LogP contribution in [-0.4, -0.2) is 23.3 Å². The molecule has 1 heterocycles. The van der Waals surface area contributed by atoms with Gasteiger partial charge in [-0.1, -0.05) is 44.2 Å². The topological polar surface area (TPSA) is 45.5 Å². The Bertz CT molecular complexity index is 1180. The molecular formula is C29H34N2O3. The molecule has 0 fully saturated rings. The van der Waals surface area contributed by atoms with Crippen molar-refractivity contribution in [3.8, 4) is 17.2 Å². The van der Waals surface area contributed by atoms with Gasteiger partial charge in [-0.25, -0.2) is 4.98 Å². The van der Waals surface area contributed by atoms with Gasteiger partial charge in [-0.15, -0.1) is 0 Å².